The van der Waals surface area contributed by atoms with Gasteiger partial charge in [0.1, 0.15) is 18.1 Å². The maximum absolute atomic E-state index is 12.5. The molecule has 0 bridgehead atoms. The zero-order valence-corrected chi connectivity index (χ0v) is 16.2. The second kappa shape index (κ2) is 8.48. The Balaban J connectivity index is 1.43. The van der Waals surface area contributed by atoms with Crippen LogP contribution in [-0.2, 0) is 6.61 Å². The summed E-state index contributed by atoms with van der Waals surface area (Å²) in [6.45, 7) is 5.02. The zero-order chi connectivity index (χ0) is 19.3. The molecular weight excluding hydrogens is 352 g/mol. The number of hydrogen-bond acceptors (Lipinski definition) is 4. The van der Waals surface area contributed by atoms with Gasteiger partial charge in [0.25, 0.3) is 0 Å². The van der Waals surface area contributed by atoms with Crippen molar-refractivity contribution in [2.24, 2.45) is 5.92 Å². The summed E-state index contributed by atoms with van der Waals surface area (Å²) < 4.78 is 11.9. The number of nitrogens with one attached hydrogen (secondary N) is 2. The van der Waals surface area contributed by atoms with Gasteiger partial charge in [0.15, 0.2) is 5.43 Å². The van der Waals surface area contributed by atoms with Crippen molar-refractivity contribution in [3.8, 4) is 11.5 Å². The van der Waals surface area contributed by atoms with E-state index in [0.29, 0.717) is 23.5 Å². The number of rotatable bonds is 6. The molecule has 0 spiro atoms. The second-order valence-electron chi connectivity index (χ2n) is 7.37. The van der Waals surface area contributed by atoms with Gasteiger partial charge in [-0.25, -0.2) is 0 Å². The number of fused-ring (bicyclic) bond motifs is 1. The summed E-state index contributed by atoms with van der Waals surface area (Å²) in [6.07, 6.45) is 2.32. The van der Waals surface area contributed by atoms with Crippen LogP contribution in [0.3, 0.4) is 0 Å². The fraction of sp³-hybridized carbons (Fsp3) is 0.348. The maximum Gasteiger partial charge on any atom is 0.192 e. The molecule has 146 valence electrons. The zero-order valence-electron chi connectivity index (χ0n) is 16.2. The van der Waals surface area contributed by atoms with Crippen LogP contribution in [0.4, 0.5) is 0 Å². The van der Waals surface area contributed by atoms with Gasteiger partial charge in [-0.3, -0.25) is 4.79 Å². The average Bonchev–Trinajstić information content (AvgIpc) is 2.75. The van der Waals surface area contributed by atoms with Crippen molar-refractivity contribution in [3.05, 3.63) is 70.0 Å². The van der Waals surface area contributed by atoms with Crippen molar-refractivity contribution in [1.29, 1.82) is 0 Å². The number of ether oxygens (including phenoxy) is 2. The lowest BCUT2D eigenvalue weighted by Crippen LogP contribution is -2.30. The SMILES string of the molecule is Cc1c(COc2cccc(OCC3CCNCC3)c2)[nH]c2ccccc2c1=O. The van der Waals surface area contributed by atoms with E-state index in [4.69, 9.17) is 9.47 Å². The van der Waals surface area contributed by atoms with Crippen molar-refractivity contribution >= 4 is 10.9 Å². The van der Waals surface area contributed by atoms with Crippen LogP contribution in [0, 0.1) is 12.8 Å². The fourth-order valence-electron chi connectivity index (χ4n) is 3.60. The highest BCUT2D eigenvalue weighted by Gasteiger charge is 2.14. The Morgan fingerprint density at radius 1 is 1.00 bits per heavy atom. The number of benzene rings is 2. The van der Waals surface area contributed by atoms with E-state index in [1.807, 2.05) is 55.5 Å². The maximum atomic E-state index is 12.5. The molecule has 1 fully saturated rings. The number of H-pyrrole nitrogens is 1. The van der Waals surface area contributed by atoms with Crippen LogP contribution < -0.4 is 20.2 Å². The van der Waals surface area contributed by atoms with Gasteiger partial charge < -0.3 is 19.8 Å². The standard InChI is InChI=1S/C23H26N2O3/c1-16-22(25-21-8-3-2-7-20(21)23(16)26)15-28-19-6-4-5-18(13-19)27-14-17-9-11-24-12-10-17/h2-8,13,17,24H,9-12,14-15H2,1H3,(H,25,26). The quantitative estimate of drug-likeness (QED) is 0.685. The summed E-state index contributed by atoms with van der Waals surface area (Å²) in [7, 11) is 0. The predicted molar refractivity (Wildman–Crippen MR) is 111 cm³/mol. The van der Waals surface area contributed by atoms with E-state index in [-0.39, 0.29) is 5.43 Å². The molecule has 4 rings (SSSR count). The van der Waals surface area contributed by atoms with Crippen molar-refractivity contribution in [2.75, 3.05) is 19.7 Å². The largest absolute Gasteiger partial charge is 0.493 e. The Hall–Kier alpha value is -2.79. The lowest BCUT2D eigenvalue weighted by atomic mass is 9.99. The van der Waals surface area contributed by atoms with Gasteiger partial charge in [-0.1, -0.05) is 18.2 Å². The van der Waals surface area contributed by atoms with Crippen molar-refractivity contribution in [3.63, 3.8) is 0 Å². The molecule has 1 aliphatic rings. The van der Waals surface area contributed by atoms with E-state index in [0.717, 1.165) is 55.2 Å². The lowest BCUT2D eigenvalue weighted by molar-refractivity contribution is 0.214. The van der Waals surface area contributed by atoms with Crippen molar-refractivity contribution in [1.82, 2.24) is 10.3 Å². The molecule has 5 heteroatoms. The van der Waals surface area contributed by atoms with Gasteiger partial charge in [-0.05, 0) is 63.0 Å². The van der Waals surface area contributed by atoms with Gasteiger partial charge in [-0.15, -0.1) is 0 Å². The monoisotopic (exact) mass is 378 g/mol. The summed E-state index contributed by atoms with van der Waals surface area (Å²) in [6, 6.07) is 15.3. The molecule has 0 amide bonds. The van der Waals surface area contributed by atoms with Gasteiger partial charge in [0.2, 0.25) is 0 Å². The number of piperidine rings is 1. The van der Waals surface area contributed by atoms with Crippen molar-refractivity contribution < 1.29 is 9.47 Å². The molecule has 0 aliphatic carbocycles. The normalized spacial score (nSPS) is 14.9. The Labute approximate surface area is 164 Å². The smallest absolute Gasteiger partial charge is 0.192 e. The van der Waals surface area contributed by atoms with Crippen molar-refractivity contribution in [2.45, 2.75) is 26.4 Å². The van der Waals surface area contributed by atoms with E-state index in [2.05, 4.69) is 10.3 Å². The second-order valence-corrected chi connectivity index (χ2v) is 7.37. The predicted octanol–water partition coefficient (Wildman–Crippen LogP) is 3.79. The third-order valence-electron chi connectivity index (χ3n) is 5.38. The molecule has 2 aromatic carbocycles. The highest BCUT2D eigenvalue weighted by Crippen LogP contribution is 2.22. The molecule has 1 aromatic heterocycles. The number of aromatic amines is 1. The lowest BCUT2D eigenvalue weighted by Gasteiger charge is -2.22. The number of hydrogen-bond donors (Lipinski definition) is 2. The van der Waals surface area contributed by atoms with E-state index < -0.39 is 0 Å². The molecule has 28 heavy (non-hydrogen) atoms. The van der Waals surface area contributed by atoms with E-state index in [1.54, 1.807) is 0 Å². The molecule has 2 N–H and O–H groups in total. The van der Waals surface area contributed by atoms with Gasteiger partial charge in [-0.2, -0.15) is 0 Å². The molecule has 1 aliphatic heterocycles. The van der Waals surface area contributed by atoms with Crippen LogP contribution in [0.2, 0.25) is 0 Å². The minimum atomic E-state index is 0.0482. The topological polar surface area (TPSA) is 63.4 Å². The fourth-order valence-corrected chi connectivity index (χ4v) is 3.60. The Morgan fingerprint density at radius 2 is 1.75 bits per heavy atom. The third-order valence-corrected chi connectivity index (χ3v) is 5.38. The summed E-state index contributed by atoms with van der Waals surface area (Å²) in [5, 5.41) is 4.08. The van der Waals surface area contributed by atoms with Gasteiger partial charge >= 0.3 is 0 Å². The minimum absolute atomic E-state index is 0.0482. The van der Waals surface area contributed by atoms with E-state index in [9.17, 15) is 4.79 Å². The molecule has 0 radical (unpaired) electrons. The molecule has 0 saturated carbocycles. The average molecular weight is 378 g/mol. The molecular formula is C23H26N2O3. The van der Waals surface area contributed by atoms with Gasteiger partial charge in [0.05, 0.1) is 12.3 Å². The summed E-state index contributed by atoms with van der Waals surface area (Å²) in [4.78, 5) is 15.9. The Bertz CT molecular complexity index is 1010. The molecule has 1 saturated heterocycles. The van der Waals surface area contributed by atoms with Crippen LogP contribution in [-0.4, -0.2) is 24.7 Å². The summed E-state index contributed by atoms with van der Waals surface area (Å²) in [5.41, 5.74) is 2.37. The van der Waals surface area contributed by atoms with Crippen LogP contribution >= 0.6 is 0 Å². The van der Waals surface area contributed by atoms with E-state index in [1.165, 1.54) is 0 Å². The highest BCUT2D eigenvalue weighted by molar-refractivity contribution is 5.79. The number of pyridine rings is 1. The van der Waals surface area contributed by atoms with Crippen LogP contribution in [0.5, 0.6) is 11.5 Å². The number of aromatic nitrogens is 1. The Morgan fingerprint density at radius 3 is 2.57 bits per heavy atom. The van der Waals surface area contributed by atoms with E-state index >= 15 is 0 Å². The van der Waals surface area contributed by atoms with Crippen LogP contribution in [0.1, 0.15) is 24.1 Å². The first-order valence-corrected chi connectivity index (χ1v) is 9.87. The summed E-state index contributed by atoms with van der Waals surface area (Å²) >= 11 is 0. The van der Waals surface area contributed by atoms with Crippen LogP contribution in [0.15, 0.2) is 53.3 Å². The first kappa shape index (κ1) is 18.6. The molecule has 5 nitrogen and oxygen atoms in total. The Kier molecular flexibility index (Phi) is 5.63. The highest BCUT2D eigenvalue weighted by atomic mass is 16.5. The first-order chi connectivity index (χ1) is 13.7. The van der Waals surface area contributed by atoms with Crippen LogP contribution in [0.25, 0.3) is 10.9 Å². The molecule has 0 atom stereocenters. The first-order valence-electron chi connectivity index (χ1n) is 9.87. The number of para-hydroxylation sites is 1. The minimum Gasteiger partial charge on any atom is -0.493 e. The summed E-state index contributed by atoms with van der Waals surface area (Å²) in [5.74, 6) is 2.16. The third kappa shape index (κ3) is 4.20. The van der Waals surface area contributed by atoms with Gasteiger partial charge in [0, 0.05) is 22.5 Å². The molecule has 0 unspecified atom stereocenters. The molecule has 2 heterocycles. The molecule has 3 aromatic rings.